The average Bonchev–Trinajstić information content (AvgIpc) is 3.16. The molecule has 0 fully saturated rings. The normalized spacial score (nSPS) is 24.7. The van der Waals surface area contributed by atoms with Crippen molar-refractivity contribution < 1.29 is 4.74 Å². The number of allylic oxidation sites excluding steroid dienone is 2. The SMILES string of the molecule is CCC1=C(C)C(=C2NC(c3cccn3C)=CC2OC)N=C1C. The van der Waals surface area contributed by atoms with Crippen LogP contribution in [0.15, 0.2) is 51.9 Å². The second-order valence-electron chi connectivity index (χ2n) is 5.78. The van der Waals surface area contributed by atoms with Gasteiger partial charge in [-0.15, -0.1) is 0 Å². The quantitative estimate of drug-likeness (QED) is 0.928. The lowest BCUT2D eigenvalue weighted by atomic mass is 10.0. The number of nitrogens with one attached hydrogen (secondary N) is 1. The second kappa shape index (κ2) is 5.61. The van der Waals surface area contributed by atoms with Crippen molar-refractivity contribution in [3.63, 3.8) is 0 Å². The van der Waals surface area contributed by atoms with Gasteiger partial charge < -0.3 is 14.6 Å². The Hall–Kier alpha value is -2.07. The average molecular weight is 297 g/mol. The van der Waals surface area contributed by atoms with E-state index in [4.69, 9.17) is 9.73 Å². The Morgan fingerprint density at radius 1 is 1.36 bits per heavy atom. The van der Waals surface area contributed by atoms with Gasteiger partial charge in [0.05, 0.1) is 22.8 Å². The van der Waals surface area contributed by atoms with Gasteiger partial charge in [0.1, 0.15) is 6.10 Å². The molecule has 1 atom stereocenters. The van der Waals surface area contributed by atoms with Crippen molar-refractivity contribution in [2.45, 2.75) is 33.3 Å². The first-order valence-corrected chi connectivity index (χ1v) is 7.70. The molecule has 1 unspecified atom stereocenters. The van der Waals surface area contributed by atoms with Crippen LogP contribution in [0.5, 0.6) is 0 Å². The van der Waals surface area contributed by atoms with Gasteiger partial charge in [-0.3, -0.25) is 4.99 Å². The summed E-state index contributed by atoms with van der Waals surface area (Å²) in [5, 5.41) is 3.53. The lowest BCUT2D eigenvalue weighted by molar-refractivity contribution is 0.169. The third kappa shape index (κ3) is 2.24. The van der Waals surface area contributed by atoms with E-state index < -0.39 is 0 Å². The maximum Gasteiger partial charge on any atom is 0.120 e. The number of rotatable bonds is 3. The van der Waals surface area contributed by atoms with E-state index in [2.05, 4.69) is 42.8 Å². The van der Waals surface area contributed by atoms with Crippen LogP contribution in [0.2, 0.25) is 0 Å². The minimum atomic E-state index is -0.0809. The summed E-state index contributed by atoms with van der Waals surface area (Å²) in [6, 6.07) is 4.14. The van der Waals surface area contributed by atoms with E-state index in [-0.39, 0.29) is 6.10 Å². The Kier molecular flexibility index (Phi) is 3.79. The number of nitrogens with zero attached hydrogens (tertiary/aromatic N) is 2. The number of hydrogen-bond donors (Lipinski definition) is 1. The first-order valence-electron chi connectivity index (χ1n) is 7.70. The summed E-state index contributed by atoms with van der Waals surface area (Å²) < 4.78 is 7.76. The van der Waals surface area contributed by atoms with Gasteiger partial charge in [-0.2, -0.15) is 0 Å². The van der Waals surface area contributed by atoms with Crippen molar-refractivity contribution >= 4 is 11.4 Å². The van der Waals surface area contributed by atoms with Gasteiger partial charge in [0, 0.05) is 26.1 Å². The summed E-state index contributed by atoms with van der Waals surface area (Å²) in [7, 11) is 3.78. The first kappa shape index (κ1) is 14.9. The Morgan fingerprint density at radius 2 is 2.14 bits per heavy atom. The van der Waals surface area contributed by atoms with E-state index in [0.29, 0.717) is 0 Å². The fraction of sp³-hybridized carbons (Fsp3) is 0.389. The fourth-order valence-electron chi connectivity index (χ4n) is 3.28. The van der Waals surface area contributed by atoms with E-state index in [0.717, 1.165) is 34.9 Å². The molecule has 4 heteroatoms. The highest BCUT2D eigenvalue weighted by atomic mass is 16.5. The molecule has 0 saturated heterocycles. The van der Waals surface area contributed by atoms with Gasteiger partial charge >= 0.3 is 0 Å². The van der Waals surface area contributed by atoms with E-state index in [9.17, 15) is 0 Å². The standard InChI is InChI=1S/C18H23N3O/c1-6-13-11(2)17(19-12(13)3)18-16(22-5)10-14(20-18)15-8-7-9-21(15)4/h7-10,16,20H,6H2,1-5H3. The molecule has 2 aliphatic rings. The number of aromatic nitrogens is 1. The summed E-state index contributed by atoms with van der Waals surface area (Å²) >= 11 is 0. The van der Waals surface area contributed by atoms with Gasteiger partial charge in [0.2, 0.25) is 0 Å². The highest BCUT2D eigenvalue weighted by Crippen LogP contribution is 2.34. The zero-order chi connectivity index (χ0) is 15.9. The number of methoxy groups -OCH3 is 1. The lowest BCUT2D eigenvalue weighted by Gasteiger charge is -2.13. The first-order chi connectivity index (χ1) is 10.6. The van der Waals surface area contributed by atoms with Gasteiger partial charge in [-0.05, 0) is 49.6 Å². The minimum absolute atomic E-state index is 0.0809. The Balaban J connectivity index is 2.03. The summed E-state index contributed by atoms with van der Waals surface area (Å²) in [4.78, 5) is 4.78. The van der Waals surface area contributed by atoms with Crippen LogP contribution in [-0.4, -0.2) is 23.5 Å². The molecule has 0 aromatic carbocycles. The van der Waals surface area contributed by atoms with Crippen molar-refractivity contribution in [2.75, 3.05) is 7.11 Å². The van der Waals surface area contributed by atoms with Crippen LogP contribution < -0.4 is 5.32 Å². The zero-order valence-electron chi connectivity index (χ0n) is 13.9. The van der Waals surface area contributed by atoms with Crippen LogP contribution in [0, 0.1) is 0 Å². The van der Waals surface area contributed by atoms with Crippen molar-refractivity contribution in [1.82, 2.24) is 9.88 Å². The summed E-state index contributed by atoms with van der Waals surface area (Å²) in [6.07, 6.45) is 5.10. The monoisotopic (exact) mass is 297 g/mol. The molecule has 0 spiro atoms. The Morgan fingerprint density at radius 3 is 2.68 bits per heavy atom. The van der Waals surface area contributed by atoms with E-state index in [1.165, 1.54) is 11.1 Å². The topological polar surface area (TPSA) is 38.5 Å². The molecule has 3 heterocycles. The number of aliphatic imine (C=N–C) groups is 1. The number of hydrogen-bond acceptors (Lipinski definition) is 3. The lowest BCUT2D eigenvalue weighted by Crippen LogP contribution is -2.17. The molecule has 1 aromatic heterocycles. The zero-order valence-corrected chi connectivity index (χ0v) is 13.9. The van der Waals surface area contributed by atoms with E-state index >= 15 is 0 Å². The summed E-state index contributed by atoms with van der Waals surface area (Å²) in [6.45, 7) is 6.41. The predicted octanol–water partition coefficient (Wildman–Crippen LogP) is 3.40. The van der Waals surface area contributed by atoms with Crippen molar-refractivity contribution in [1.29, 1.82) is 0 Å². The molecule has 4 nitrogen and oxygen atoms in total. The molecule has 0 bridgehead atoms. The molecule has 2 aliphatic heterocycles. The van der Waals surface area contributed by atoms with Crippen LogP contribution in [0.1, 0.15) is 32.9 Å². The van der Waals surface area contributed by atoms with Crippen LogP contribution in [0.3, 0.4) is 0 Å². The maximum atomic E-state index is 5.66. The Labute approximate surface area is 131 Å². The fourth-order valence-corrected chi connectivity index (χ4v) is 3.28. The number of aryl methyl sites for hydroxylation is 1. The number of ether oxygens (including phenoxy) is 1. The summed E-state index contributed by atoms with van der Waals surface area (Å²) in [5.41, 5.74) is 8.01. The van der Waals surface area contributed by atoms with Crippen LogP contribution in [0.4, 0.5) is 0 Å². The van der Waals surface area contributed by atoms with Gasteiger partial charge in [0.15, 0.2) is 0 Å². The van der Waals surface area contributed by atoms with E-state index in [1.807, 2.05) is 19.3 Å². The van der Waals surface area contributed by atoms with Crippen LogP contribution >= 0.6 is 0 Å². The van der Waals surface area contributed by atoms with Gasteiger partial charge in [0.25, 0.3) is 0 Å². The third-order valence-electron chi connectivity index (χ3n) is 4.48. The highest BCUT2D eigenvalue weighted by molar-refractivity contribution is 6.03. The molecule has 116 valence electrons. The van der Waals surface area contributed by atoms with Crippen molar-refractivity contribution in [3.05, 3.63) is 52.6 Å². The molecular formula is C18H23N3O. The second-order valence-corrected chi connectivity index (χ2v) is 5.78. The predicted molar refractivity (Wildman–Crippen MR) is 90.4 cm³/mol. The molecule has 0 radical (unpaired) electrons. The molecule has 1 N–H and O–H groups in total. The smallest absolute Gasteiger partial charge is 0.120 e. The Bertz CT molecular complexity index is 731. The van der Waals surface area contributed by atoms with Gasteiger partial charge in [-0.1, -0.05) is 6.92 Å². The molecule has 0 aliphatic carbocycles. The van der Waals surface area contributed by atoms with Crippen LogP contribution in [0.25, 0.3) is 5.70 Å². The molecule has 0 saturated carbocycles. The van der Waals surface area contributed by atoms with Gasteiger partial charge in [-0.25, -0.2) is 0 Å². The molecule has 22 heavy (non-hydrogen) atoms. The molecule has 1 aromatic rings. The highest BCUT2D eigenvalue weighted by Gasteiger charge is 2.29. The summed E-state index contributed by atoms with van der Waals surface area (Å²) in [5.74, 6) is 0. The molecular weight excluding hydrogens is 274 g/mol. The van der Waals surface area contributed by atoms with Crippen molar-refractivity contribution in [2.24, 2.45) is 12.0 Å². The maximum absolute atomic E-state index is 5.66. The minimum Gasteiger partial charge on any atom is -0.371 e. The van der Waals surface area contributed by atoms with Crippen LogP contribution in [-0.2, 0) is 11.8 Å². The van der Waals surface area contributed by atoms with Crippen molar-refractivity contribution in [3.8, 4) is 0 Å². The molecule has 0 amide bonds. The third-order valence-corrected chi connectivity index (χ3v) is 4.48. The molecule has 3 rings (SSSR count). The largest absolute Gasteiger partial charge is 0.371 e. The van der Waals surface area contributed by atoms with E-state index in [1.54, 1.807) is 7.11 Å².